The SMILES string of the molecule is C=CCn1c(=NC(=O)CCS(=O)(=O)Cc2ccccc2)sc2cc(Cl)ccc21. The molecule has 0 aliphatic rings. The third-order valence-corrected chi connectivity index (χ3v) is 6.91. The van der Waals surface area contributed by atoms with Crippen LogP contribution in [0.25, 0.3) is 10.2 Å². The minimum absolute atomic E-state index is 0.0844. The highest BCUT2D eigenvalue weighted by molar-refractivity contribution is 7.90. The second-order valence-corrected chi connectivity index (χ2v) is 9.86. The van der Waals surface area contributed by atoms with Crippen molar-refractivity contribution in [3.05, 3.63) is 76.6 Å². The molecule has 0 saturated heterocycles. The number of sulfone groups is 1. The van der Waals surface area contributed by atoms with Crippen molar-refractivity contribution in [3.63, 3.8) is 0 Å². The number of rotatable bonds is 7. The average Bonchev–Trinajstić information content (AvgIpc) is 2.97. The summed E-state index contributed by atoms with van der Waals surface area (Å²) >= 11 is 7.38. The standard InChI is InChI=1S/C20H19ClN2O3S2/c1-2-11-23-17-9-8-16(21)13-18(17)27-20(23)22-19(24)10-12-28(25,26)14-15-6-4-3-5-7-15/h2-9,13H,1,10-12,14H2. The van der Waals surface area contributed by atoms with Crippen molar-refractivity contribution in [2.45, 2.75) is 18.7 Å². The van der Waals surface area contributed by atoms with Crippen LogP contribution in [0.5, 0.6) is 0 Å². The van der Waals surface area contributed by atoms with Crippen molar-refractivity contribution in [1.29, 1.82) is 0 Å². The Kier molecular flexibility index (Phi) is 6.49. The highest BCUT2D eigenvalue weighted by Gasteiger charge is 2.15. The molecule has 0 aliphatic carbocycles. The Morgan fingerprint density at radius 1 is 1.21 bits per heavy atom. The van der Waals surface area contributed by atoms with E-state index in [0.29, 0.717) is 21.9 Å². The molecule has 0 saturated carbocycles. The molecule has 146 valence electrons. The van der Waals surface area contributed by atoms with E-state index in [9.17, 15) is 13.2 Å². The van der Waals surface area contributed by atoms with Gasteiger partial charge in [-0.05, 0) is 23.8 Å². The number of thiazole rings is 1. The molecular weight excluding hydrogens is 416 g/mol. The number of benzene rings is 2. The van der Waals surface area contributed by atoms with Crippen LogP contribution in [0.2, 0.25) is 5.02 Å². The summed E-state index contributed by atoms with van der Waals surface area (Å²) in [6.45, 7) is 4.23. The molecule has 0 bridgehead atoms. The van der Waals surface area contributed by atoms with Crippen LogP contribution in [0.15, 0.2) is 66.2 Å². The fourth-order valence-corrected chi connectivity index (χ4v) is 5.41. The van der Waals surface area contributed by atoms with Crippen LogP contribution in [-0.2, 0) is 26.9 Å². The van der Waals surface area contributed by atoms with Gasteiger partial charge in [-0.25, -0.2) is 8.42 Å². The fraction of sp³-hybridized carbons (Fsp3) is 0.200. The summed E-state index contributed by atoms with van der Waals surface area (Å²) in [6, 6.07) is 14.4. The number of hydrogen-bond acceptors (Lipinski definition) is 4. The van der Waals surface area contributed by atoms with E-state index in [2.05, 4.69) is 11.6 Å². The van der Waals surface area contributed by atoms with Gasteiger partial charge in [-0.2, -0.15) is 4.99 Å². The predicted octanol–water partition coefficient (Wildman–Crippen LogP) is 3.97. The van der Waals surface area contributed by atoms with Crippen molar-refractivity contribution >= 4 is 48.9 Å². The van der Waals surface area contributed by atoms with Gasteiger partial charge in [0.1, 0.15) is 0 Å². The van der Waals surface area contributed by atoms with E-state index in [0.717, 1.165) is 10.2 Å². The Morgan fingerprint density at radius 2 is 1.96 bits per heavy atom. The Morgan fingerprint density at radius 3 is 2.68 bits per heavy atom. The van der Waals surface area contributed by atoms with E-state index >= 15 is 0 Å². The summed E-state index contributed by atoms with van der Waals surface area (Å²) in [5, 5.41) is 0.601. The highest BCUT2D eigenvalue weighted by Crippen LogP contribution is 2.22. The maximum absolute atomic E-state index is 12.3. The van der Waals surface area contributed by atoms with Gasteiger partial charge in [-0.1, -0.05) is 59.3 Å². The van der Waals surface area contributed by atoms with Gasteiger partial charge in [-0.3, -0.25) is 4.79 Å². The van der Waals surface area contributed by atoms with Crippen LogP contribution in [-0.4, -0.2) is 24.6 Å². The average molecular weight is 435 g/mol. The molecule has 1 aromatic heterocycles. The Hall–Kier alpha value is -2.22. The number of carbonyl (C=O) groups excluding carboxylic acids is 1. The monoisotopic (exact) mass is 434 g/mol. The minimum Gasteiger partial charge on any atom is -0.313 e. The molecule has 0 N–H and O–H groups in total. The molecule has 3 rings (SSSR count). The van der Waals surface area contributed by atoms with Gasteiger partial charge in [0, 0.05) is 18.0 Å². The van der Waals surface area contributed by atoms with Gasteiger partial charge in [-0.15, -0.1) is 6.58 Å². The van der Waals surface area contributed by atoms with E-state index in [1.165, 1.54) is 11.3 Å². The quantitative estimate of drug-likeness (QED) is 0.528. The molecule has 0 atom stereocenters. The zero-order chi connectivity index (χ0) is 20.1. The highest BCUT2D eigenvalue weighted by atomic mass is 35.5. The van der Waals surface area contributed by atoms with Crippen molar-refractivity contribution in [1.82, 2.24) is 4.57 Å². The molecule has 8 heteroatoms. The number of hydrogen-bond donors (Lipinski definition) is 0. The number of fused-ring (bicyclic) bond motifs is 1. The molecule has 1 heterocycles. The Bertz CT molecular complexity index is 1180. The van der Waals surface area contributed by atoms with Gasteiger partial charge in [0.15, 0.2) is 14.6 Å². The number of halogens is 1. The van der Waals surface area contributed by atoms with Crippen LogP contribution >= 0.6 is 22.9 Å². The molecule has 0 fully saturated rings. The lowest BCUT2D eigenvalue weighted by Gasteiger charge is -2.03. The number of amides is 1. The summed E-state index contributed by atoms with van der Waals surface area (Å²) in [7, 11) is -3.39. The summed E-state index contributed by atoms with van der Waals surface area (Å²) < 4.78 is 27.3. The topological polar surface area (TPSA) is 68.5 Å². The molecule has 0 unspecified atom stereocenters. The summed E-state index contributed by atoms with van der Waals surface area (Å²) in [5.41, 5.74) is 1.61. The third-order valence-electron chi connectivity index (χ3n) is 4.03. The van der Waals surface area contributed by atoms with Crippen LogP contribution < -0.4 is 4.80 Å². The number of aromatic nitrogens is 1. The molecule has 1 amide bonds. The number of nitrogens with zero attached hydrogens (tertiary/aromatic N) is 2. The lowest BCUT2D eigenvalue weighted by Crippen LogP contribution is -2.18. The predicted molar refractivity (Wildman–Crippen MR) is 114 cm³/mol. The van der Waals surface area contributed by atoms with Crippen LogP contribution in [0.1, 0.15) is 12.0 Å². The van der Waals surface area contributed by atoms with E-state index < -0.39 is 15.7 Å². The minimum atomic E-state index is -3.39. The second-order valence-electron chi connectivity index (χ2n) is 6.23. The lowest BCUT2D eigenvalue weighted by atomic mass is 10.2. The molecule has 0 radical (unpaired) electrons. The van der Waals surface area contributed by atoms with Crippen molar-refractivity contribution in [3.8, 4) is 0 Å². The maximum atomic E-state index is 12.3. The zero-order valence-corrected chi connectivity index (χ0v) is 17.4. The first-order chi connectivity index (χ1) is 13.4. The second kappa shape index (κ2) is 8.86. The summed E-state index contributed by atoms with van der Waals surface area (Å²) in [5.74, 6) is -0.784. The van der Waals surface area contributed by atoms with Crippen molar-refractivity contribution in [2.24, 2.45) is 4.99 Å². The Balaban J connectivity index is 1.79. The molecular formula is C20H19ClN2O3S2. The van der Waals surface area contributed by atoms with E-state index in [4.69, 9.17) is 11.6 Å². The van der Waals surface area contributed by atoms with Gasteiger partial charge in [0.2, 0.25) is 5.91 Å². The van der Waals surface area contributed by atoms with Crippen LogP contribution in [0.3, 0.4) is 0 Å². The molecule has 28 heavy (non-hydrogen) atoms. The lowest BCUT2D eigenvalue weighted by molar-refractivity contribution is -0.117. The van der Waals surface area contributed by atoms with E-state index in [1.54, 1.807) is 36.4 Å². The molecule has 0 aliphatic heterocycles. The first-order valence-corrected chi connectivity index (χ1v) is 11.6. The third kappa shape index (κ3) is 5.19. The van der Waals surface area contributed by atoms with Gasteiger partial charge < -0.3 is 4.57 Å². The summed E-state index contributed by atoms with van der Waals surface area (Å²) in [6.07, 6.45) is 1.56. The zero-order valence-electron chi connectivity index (χ0n) is 15.0. The Labute approximate surface area is 172 Å². The van der Waals surface area contributed by atoms with E-state index in [-0.39, 0.29) is 17.9 Å². The van der Waals surface area contributed by atoms with Gasteiger partial charge >= 0.3 is 0 Å². The maximum Gasteiger partial charge on any atom is 0.249 e. The van der Waals surface area contributed by atoms with Crippen molar-refractivity contribution < 1.29 is 13.2 Å². The number of allylic oxidation sites excluding steroid dienone is 1. The van der Waals surface area contributed by atoms with Crippen molar-refractivity contribution in [2.75, 3.05) is 5.75 Å². The van der Waals surface area contributed by atoms with Gasteiger partial charge in [0.25, 0.3) is 0 Å². The van der Waals surface area contributed by atoms with E-state index in [1.807, 2.05) is 22.8 Å². The molecule has 3 aromatic rings. The molecule has 0 spiro atoms. The summed E-state index contributed by atoms with van der Waals surface area (Å²) in [4.78, 5) is 17.0. The molecule has 5 nitrogen and oxygen atoms in total. The smallest absolute Gasteiger partial charge is 0.249 e. The fourth-order valence-electron chi connectivity index (χ4n) is 2.74. The first-order valence-electron chi connectivity index (χ1n) is 8.60. The number of carbonyl (C=O) groups is 1. The van der Waals surface area contributed by atoms with Gasteiger partial charge in [0.05, 0.1) is 21.7 Å². The van der Waals surface area contributed by atoms with Crippen LogP contribution in [0, 0.1) is 0 Å². The largest absolute Gasteiger partial charge is 0.313 e. The molecule has 2 aromatic carbocycles. The first kappa shape index (κ1) is 20.5. The normalized spacial score (nSPS) is 12.4. The van der Waals surface area contributed by atoms with Crippen LogP contribution in [0.4, 0.5) is 0 Å².